The number of piperidine rings is 1. The van der Waals surface area contributed by atoms with Crippen molar-refractivity contribution in [3.05, 3.63) is 23.2 Å². The van der Waals surface area contributed by atoms with E-state index in [9.17, 15) is 9.59 Å². The van der Waals surface area contributed by atoms with Crippen molar-refractivity contribution in [2.45, 2.75) is 18.9 Å². The molecule has 0 saturated carbocycles. The molecule has 0 radical (unpaired) electrons. The molecule has 8 heteroatoms. The van der Waals surface area contributed by atoms with Crippen LogP contribution in [0.25, 0.3) is 0 Å². The second-order valence-electron chi connectivity index (χ2n) is 6.21. The third kappa shape index (κ3) is 5.88. The van der Waals surface area contributed by atoms with Gasteiger partial charge >= 0.3 is 5.97 Å². The Morgan fingerprint density at radius 2 is 2.08 bits per heavy atom. The van der Waals surface area contributed by atoms with Gasteiger partial charge < -0.3 is 15.2 Å². The Morgan fingerprint density at radius 3 is 2.64 bits per heavy atom. The molecule has 1 fully saturated rings. The van der Waals surface area contributed by atoms with Gasteiger partial charge in [-0.2, -0.15) is 0 Å². The summed E-state index contributed by atoms with van der Waals surface area (Å²) >= 11 is 6.05. The van der Waals surface area contributed by atoms with E-state index in [2.05, 4.69) is 10.2 Å². The molecule has 0 aliphatic carbocycles. The lowest BCUT2D eigenvalue weighted by Crippen LogP contribution is -2.46. The second kappa shape index (κ2) is 9.03. The summed E-state index contributed by atoms with van der Waals surface area (Å²) in [5.41, 5.74) is 0.631. The van der Waals surface area contributed by atoms with E-state index in [1.807, 2.05) is 11.9 Å². The van der Waals surface area contributed by atoms with Gasteiger partial charge in [-0.1, -0.05) is 11.6 Å². The fourth-order valence-corrected chi connectivity index (χ4v) is 3.27. The Kier molecular flexibility index (Phi) is 7.04. The summed E-state index contributed by atoms with van der Waals surface area (Å²) in [6, 6.07) is 5.36. The first-order valence-corrected chi connectivity index (χ1v) is 8.54. The van der Waals surface area contributed by atoms with Gasteiger partial charge in [0.1, 0.15) is 5.75 Å². The van der Waals surface area contributed by atoms with Gasteiger partial charge in [0.15, 0.2) is 0 Å². The Hall–Kier alpha value is -1.83. The Labute approximate surface area is 152 Å². The van der Waals surface area contributed by atoms with E-state index in [4.69, 9.17) is 21.4 Å². The third-order valence-corrected chi connectivity index (χ3v) is 4.66. The van der Waals surface area contributed by atoms with Crippen molar-refractivity contribution in [3.63, 3.8) is 0 Å². The van der Waals surface area contributed by atoms with Gasteiger partial charge in [-0.05, 0) is 38.1 Å². The van der Waals surface area contributed by atoms with E-state index < -0.39 is 5.97 Å². The van der Waals surface area contributed by atoms with E-state index in [0.29, 0.717) is 23.0 Å². The normalized spacial score (nSPS) is 16.0. The number of rotatable bonds is 7. The number of carbonyl (C=O) groups excluding carboxylic acids is 1. The van der Waals surface area contributed by atoms with Crippen molar-refractivity contribution >= 4 is 29.2 Å². The summed E-state index contributed by atoms with van der Waals surface area (Å²) < 4.78 is 5.09. The lowest BCUT2D eigenvalue weighted by Gasteiger charge is -2.35. The van der Waals surface area contributed by atoms with Crippen LogP contribution in [0.4, 0.5) is 5.69 Å². The number of halogens is 1. The number of amides is 1. The van der Waals surface area contributed by atoms with Crippen molar-refractivity contribution in [2.75, 3.05) is 45.7 Å². The molecular weight excluding hydrogens is 346 g/mol. The average molecular weight is 370 g/mol. The molecule has 1 saturated heterocycles. The summed E-state index contributed by atoms with van der Waals surface area (Å²) in [6.07, 6.45) is 1.71. The minimum atomic E-state index is -0.817. The van der Waals surface area contributed by atoms with Crippen molar-refractivity contribution in [1.29, 1.82) is 0 Å². The molecule has 138 valence electrons. The highest BCUT2D eigenvalue weighted by atomic mass is 35.5. The number of benzene rings is 1. The van der Waals surface area contributed by atoms with Gasteiger partial charge in [0.25, 0.3) is 0 Å². The molecule has 25 heavy (non-hydrogen) atoms. The largest absolute Gasteiger partial charge is 0.495 e. The van der Waals surface area contributed by atoms with Crippen LogP contribution < -0.4 is 10.1 Å². The maximum absolute atomic E-state index is 12.2. The Bertz CT molecular complexity index is 618. The zero-order chi connectivity index (χ0) is 18.4. The van der Waals surface area contributed by atoms with Crippen LogP contribution in [0.3, 0.4) is 0 Å². The van der Waals surface area contributed by atoms with Crippen molar-refractivity contribution < 1.29 is 19.4 Å². The zero-order valence-electron chi connectivity index (χ0n) is 14.5. The molecule has 1 heterocycles. The van der Waals surface area contributed by atoms with Gasteiger partial charge in [-0.15, -0.1) is 0 Å². The lowest BCUT2D eigenvalue weighted by atomic mass is 10.0. The fraction of sp³-hybridized carbons (Fsp3) is 0.529. The average Bonchev–Trinajstić information content (AvgIpc) is 2.55. The first-order valence-electron chi connectivity index (χ1n) is 8.17. The lowest BCUT2D eigenvalue weighted by molar-refractivity contribution is -0.138. The molecular formula is C17H24ClN3O4. The Morgan fingerprint density at radius 1 is 1.40 bits per heavy atom. The number of methoxy groups -OCH3 is 1. The van der Waals surface area contributed by atoms with Gasteiger partial charge in [0, 0.05) is 24.8 Å². The summed E-state index contributed by atoms with van der Waals surface area (Å²) in [4.78, 5) is 26.9. The maximum Gasteiger partial charge on any atom is 0.317 e. The molecule has 0 spiro atoms. The van der Waals surface area contributed by atoms with Crippen LogP contribution in [0.1, 0.15) is 12.8 Å². The maximum atomic E-state index is 12.2. The predicted octanol–water partition coefficient (Wildman–Crippen LogP) is 1.77. The number of ether oxygens (including phenoxy) is 1. The third-order valence-electron chi connectivity index (χ3n) is 4.37. The summed E-state index contributed by atoms with van der Waals surface area (Å²) in [7, 11) is 3.37. The predicted molar refractivity (Wildman–Crippen MR) is 96.4 cm³/mol. The van der Waals surface area contributed by atoms with Crippen LogP contribution in [-0.4, -0.2) is 73.2 Å². The molecule has 1 aliphatic rings. The first-order chi connectivity index (χ1) is 11.9. The number of hydrogen-bond donors (Lipinski definition) is 2. The van der Waals surface area contributed by atoms with Crippen LogP contribution in [-0.2, 0) is 9.59 Å². The zero-order valence-corrected chi connectivity index (χ0v) is 15.3. The molecule has 1 aromatic rings. The van der Waals surface area contributed by atoms with Gasteiger partial charge in [-0.3, -0.25) is 19.4 Å². The van der Waals surface area contributed by atoms with Crippen molar-refractivity contribution in [2.24, 2.45) is 0 Å². The van der Waals surface area contributed by atoms with Gasteiger partial charge in [-0.25, -0.2) is 0 Å². The summed E-state index contributed by atoms with van der Waals surface area (Å²) in [5, 5.41) is 12.1. The topological polar surface area (TPSA) is 82.1 Å². The van der Waals surface area contributed by atoms with Crippen LogP contribution in [0, 0.1) is 0 Å². The summed E-state index contributed by atoms with van der Waals surface area (Å²) in [6.45, 7) is 1.89. The summed E-state index contributed by atoms with van der Waals surface area (Å²) in [5.74, 6) is -0.353. The van der Waals surface area contributed by atoms with E-state index in [1.165, 1.54) is 7.11 Å². The molecule has 1 aromatic carbocycles. The van der Waals surface area contributed by atoms with Crippen LogP contribution >= 0.6 is 11.6 Å². The van der Waals surface area contributed by atoms with E-state index in [0.717, 1.165) is 25.9 Å². The fourth-order valence-electron chi connectivity index (χ4n) is 3.01. The number of anilines is 1. The highest BCUT2D eigenvalue weighted by Gasteiger charge is 2.24. The highest BCUT2D eigenvalue weighted by Crippen LogP contribution is 2.27. The van der Waals surface area contributed by atoms with Crippen molar-refractivity contribution in [1.82, 2.24) is 9.80 Å². The number of carbonyl (C=O) groups is 2. The van der Waals surface area contributed by atoms with E-state index >= 15 is 0 Å². The SMILES string of the molecule is COc1ccc(NC(=O)CN2CCC(N(C)CC(=O)O)CC2)cc1Cl. The number of nitrogens with one attached hydrogen (secondary N) is 1. The number of hydrogen-bond acceptors (Lipinski definition) is 5. The molecule has 0 bridgehead atoms. The molecule has 2 N–H and O–H groups in total. The quantitative estimate of drug-likeness (QED) is 0.762. The van der Waals surface area contributed by atoms with E-state index in [-0.39, 0.29) is 18.5 Å². The van der Waals surface area contributed by atoms with E-state index in [1.54, 1.807) is 18.2 Å². The number of likely N-dealkylation sites (tertiary alicyclic amines) is 1. The Balaban J connectivity index is 1.78. The van der Waals surface area contributed by atoms with Crippen molar-refractivity contribution in [3.8, 4) is 5.75 Å². The molecule has 0 aromatic heterocycles. The molecule has 1 amide bonds. The number of likely N-dealkylation sites (N-methyl/N-ethyl adjacent to an activating group) is 1. The number of carboxylic acids is 1. The van der Waals surface area contributed by atoms with Gasteiger partial charge in [0.05, 0.1) is 25.2 Å². The first kappa shape index (κ1) is 19.5. The molecule has 2 rings (SSSR count). The van der Waals surface area contributed by atoms with Crippen LogP contribution in [0.15, 0.2) is 18.2 Å². The number of aliphatic carboxylic acids is 1. The minimum absolute atomic E-state index is 0.0450. The molecule has 0 unspecified atom stereocenters. The standard InChI is InChI=1S/C17H24ClN3O4/c1-20(11-17(23)24)13-5-7-21(8-6-13)10-16(22)19-12-3-4-15(25-2)14(18)9-12/h3-4,9,13H,5-8,10-11H2,1-2H3,(H,19,22)(H,23,24). The van der Waals surface area contributed by atoms with Crippen LogP contribution in [0.2, 0.25) is 5.02 Å². The molecule has 0 atom stereocenters. The van der Waals surface area contributed by atoms with Gasteiger partial charge in [0.2, 0.25) is 5.91 Å². The van der Waals surface area contributed by atoms with Crippen LogP contribution in [0.5, 0.6) is 5.75 Å². The molecule has 7 nitrogen and oxygen atoms in total. The second-order valence-corrected chi connectivity index (χ2v) is 6.62. The monoisotopic (exact) mass is 369 g/mol. The minimum Gasteiger partial charge on any atom is -0.495 e. The smallest absolute Gasteiger partial charge is 0.317 e. The molecule has 1 aliphatic heterocycles. The number of carboxylic acid groups (broad SMARTS) is 1. The number of nitrogens with zero attached hydrogens (tertiary/aromatic N) is 2. The highest BCUT2D eigenvalue weighted by molar-refractivity contribution is 6.32.